The van der Waals surface area contributed by atoms with Crippen molar-refractivity contribution in [3.05, 3.63) is 57.3 Å². The summed E-state index contributed by atoms with van der Waals surface area (Å²) in [6, 6.07) is 11.3. The Hall–Kier alpha value is -2.14. The Labute approximate surface area is 145 Å². The maximum atomic E-state index is 12.6. The fourth-order valence-electron chi connectivity index (χ4n) is 3.50. The summed E-state index contributed by atoms with van der Waals surface area (Å²) in [4.78, 5) is 28.8. The SMILES string of the molecule is O=C1NC(Cc2ccccc2)C(=O)N1Cc1cc2c(s1)CCCC2. The van der Waals surface area contributed by atoms with Crippen LogP contribution in [0.2, 0.25) is 0 Å². The fraction of sp³-hybridized carbons (Fsp3) is 0.368. The number of rotatable bonds is 4. The largest absolute Gasteiger partial charge is 0.325 e. The lowest BCUT2D eigenvalue weighted by Crippen LogP contribution is -2.32. The van der Waals surface area contributed by atoms with Crippen molar-refractivity contribution < 1.29 is 9.59 Å². The van der Waals surface area contributed by atoms with E-state index in [0.717, 1.165) is 23.3 Å². The molecule has 1 saturated heterocycles. The van der Waals surface area contributed by atoms with Gasteiger partial charge in [-0.15, -0.1) is 11.3 Å². The quantitative estimate of drug-likeness (QED) is 0.868. The molecule has 4 nitrogen and oxygen atoms in total. The second-order valence-electron chi connectivity index (χ2n) is 6.48. The van der Waals surface area contributed by atoms with Crippen molar-refractivity contribution in [1.29, 1.82) is 0 Å². The number of nitrogens with one attached hydrogen (secondary N) is 1. The van der Waals surface area contributed by atoms with Crippen LogP contribution in [0.15, 0.2) is 36.4 Å². The molecule has 1 aliphatic carbocycles. The highest BCUT2D eigenvalue weighted by atomic mass is 32.1. The molecule has 0 saturated carbocycles. The number of thiophene rings is 1. The van der Waals surface area contributed by atoms with Gasteiger partial charge >= 0.3 is 6.03 Å². The number of benzene rings is 1. The van der Waals surface area contributed by atoms with Crippen molar-refractivity contribution in [3.8, 4) is 0 Å². The van der Waals surface area contributed by atoms with Crippen molar-refractivity contribution >= 4 is 23.3 Å². The number of carbonyl (C=O) groups is 2. The van der Waals surface area contributed by atoms with E-state index < -0.39 is 6.04 Å². The van der Waals surface area contributed by atoms with Gasteiger partial charge in [-0.3, -0.25) is 9.69 Å². The summed E-state index contributed by atoms with van der Waals surface area (Å²) in [5.41, 5.74) is 2.47. The van der Waals surface area contributed by atoms with Crippen molar-refractivity contribution in [1.82, 2.24) is 10.2 Å². The Morgan fingerprint density at radius 3 is 2.71 bits per heavy atom. The zero-order valence-corrected chi connectivity index (χ0v) is 14.3. The van der Waals surface area contributed by atoms with Gasteiger partial charge in [-0.25, -0.2) is 4.79 Å². The monoisotopic (exact) mass is 340 g/mol. The summed E-state index contributed by atoms with van der Waals surface area (Å²) in [7, 11) is 0. The lowest BCUT2D eigenvalue weighted by Gasteiger charge is -2.11. The molecule has 1 fully saturated rings. The van der Waals surface area contributed by atoms with Gasteiger partial charge < -0.3 is 5.32 Å². The third-order valence-electron chi connectivity index (χ3n) is 4.75. The molecule has 1 aliphatic heterocycles. The zero-order valence-electron chi connectivity index (χ0n) is 13.5. The smallest absolute Gasteiger partial charge is 0.325 e. The molecule has 2 aromatic rings. The van der Waals surface area contributed by atoms with Crippen molar-refractivity contribution in [2.24, 2.45) is 0 Å². The first kappa shape index (κ1) is 15.4. The molecule has 1 unspecified atom stereocenters. The second kappa shape index (κ2) is 6.40. The maximum Gasteiger partial charge on any atom is 0.325 e. The highest BCUT2D eigenvalue weighted by Crippen LogP contribution is 2.31. The van der Waals surface area contributed by atoms with Crippen LogP contribution in [0.1, 0.15) is 33.7 Å². The van der Waals surface area contributed by atoms with Crippen LogP contribution in [0.4, 0.5) is 4.79 Å². The molecule has 1 atom stereocenters. The number of nitrogens with zero attached hydrogens (tertiary/aromatic N) is 1. The molecule has 1 aromatic carbocycles. The second-order valence-corrected chi connectivity index (χ2v) is 7.71. The standard InChI is InChI=1S/C19H20N2O2S/c22-18-16(10-13-6-2-1-3-7-13)20-19(23)21(18)12-15-11-14-8-4-5-9-17(14)24-15/h1-3,6-7,11,16H,4-5,8-10,12H2,(H,20,23). The first-order chi connectivity index (χ1) is 11.7. The molecule has 1 aromatic heterocycles. The van der Waals surface area contributed by atoms with E-state index in [1.54, 1.807) is 11.3 Å². The summed E-state index contributed by atoms with van der Waals surface area (Å²) in [5.74, 6) is -0.116. The number of aryl methyl sites for hydroxylation is 2. The average molecular weight is 340 g/mol. The van der Waals surface area contributed by atoms with Crippen LogP contribution in [0.3, 0.4) is 0 Å². The van der Waals surface area contributed by atoms with Crippen LogP contribution in [-0.4, -0.2) is 22.9 Å². The Balaban J connectivity index is 1.46. The molecule has 2 aliphatic rings. The average Bonchev–Trinajstić information content (AvgIpc) is 3.12. The van der Waals surface area contributed by atoms with Crippen LogP contribution in [0, 0.1) is 0 Å². The van der Waals surface area contributed by atoms with Crippen LogP contribution >= 0.6 is 11.3 Å². The summed E-state index contributed by atoms with van der Waals surface area (Å²) in [6.07, 6.45) is 5.29. The van der Waals surface area contributed by atoms with E-state index in [9.17, 15) is 9.59 Å². The molecule has 24 heavy (non-hydrogen) atoms. The van der Waals surface area contributed by atoms with Gasteiger partial charge in [0.15, 0.2) is 0 Å². The van der Waals surface area contributed by atoms with Crippen LogP contribution in [0.25, 0.3) is 0 Å². The number of hydrogen-bond donors (Lipinski definition) is 1. The molecule has 3 amide bonds. The Morgan fingerprint density at radius 1 is 1.12 bits per heavy atom. The predicted molar refractivity (Wildman–Crippen MR) is 94.0 cm³/mol. The number of urea groups is 1. The number of hydrogen-bond acceptors (Lipinski definition) is 3. The molecule has 2 heterocycles. The van der Waals surface area contributed by atoms with Gasteiger partial charge in [-0.1, -0.05) is 30.3 Å². The molecular formula is C19H20N2O2S. The molecule has 0 radical (unpaired) electrons. The van der Waals surface area contributed by atoms with Gasteiger partial charge in [0.25, 0.3) is 5.91 Å². The molecule has 5 heteroatoms. The molecule has 0 bridgehead atoms. The minimum absolute atomic E-state index is 0.116. The summed E-state index contributed by atoms with van der Waals surface area (Å²) < 4.78 is 0. The van der Waals surface area contributed by atoms with E-state index in [2.05, 4.69) is 11.4 Å². The summed E-state index contributed by atoms with van der Waals surface area (Å²) >= 11 is 1.76. The van der Waals surface area contributed by atoms with Gasteiger partial charge in [0.1, 0.15) is 6.04 Å². The van der Waals surface area contributed by atoms with E-state index in [1.807, 2.05) is 30.3 Å². The molecule has 1 N–H and O–H groups in total. The van der Waals surface area contributed by atoms with Gasteiger partial charge in [0.05, 0.1) is 6.54 Å². The van der Waals surface area contributed by atoms with E-state index in [0.29, 0.717) is 13.0 Å². The molecular weight excluding hydrogens is 320 g/mol. The summed E-state index contributed by atoms with van der Waals surface area (Å²) in [6.45, 7) is 0.396. The van der Waals surface area contributed by atoms with Gasteiger partial charge in [-0.2, -0.15) is 0 Å². The lowest BCUT2D eigenvalue weighted by atomic mass is 9.99. The first-order valence-corrected chi connectivity index (χ1v) is 9.28. The van der Waals surface area contributed by atoms with E-state index in [4.69, 9.17) is 0 Å². The highest BCUT2D eigenvalue weighted by molar-refractivity contribution is 7.12. The highest BCUT2D eigenvalue weighted by Gasteiger charge is 2.38. The molecule has 4 rings (SSSR count). The Bertz CT molecular complexity index is 745. The van der Waals surface area contributed by atoms with E-state index in [-0.39, 0.29) is 11.9 Å². The Kier molecular flexibility index (Phi) is 4.10. The van der Waals surface area contributed by atoms with E-state index in [1.165, 1.54) is 28.2 Å². The molecule has 0 spiro atoms. The van der Waals surface area contributed by atoms with Crippen LogP contribution in [0.5, 0.6) is 0 Å². The van der Waals surface area contributed by atoms with E-state index >= 15 is 0 Å². The van der Waals surface area contributed by atoms with Crippen molar-refractivity contribution in [2.75, 3.05) is 0 Å². The predicted octanol–water partition coefficient (Wildman–Crippen LogP) is 3.29. The van der Waals surface area contributed by atoms with Crippen LogP contribution < -0.4 is 5.32 Å². The number of amides is 3. The number of imide groups is 1. The van der Waals surface area contributed by atoms with Crippen LogP contribution in [-0.2, 0) is 30.6 Å². The normalized spacial score (nSPS) is 20.2. The molecule has 124 valence electrons. The lowest BCUT2D eigenvalue weighted by molar-refractivity contribution is -0.127. The number of carbonyl (C=O) groups excluding carboxylic acids is 2. The Morgan fingerprint density at radius 2 is 1.92 bits per heavy atom. The third kappa shape index (κ3) is 2.96. The minimum Gasteiger partial charge on any atom is -0.325 e. The number of fused-ring (bicyclic) bond motifs is 1. The fourth-order valence-corrected chi connectivity index (χ4v) is 4.75. The topological polar surface area (TPSA) is 49.4 Å². The first-order valence-electron chi connectivity index (χ1n) is 8.47. The van der Waals surface area contributed by atoms with Crippen molar-refractivity contribution in [2.45, 2.75) is 44.7 Å². The van der Waals surface area contributed by atoms with Gasteiger partial charge in [0, 0.05) is 16.2 Å². The van der Waals surface area contributed by atoms with Crippen molar-refractivity contribution in [3.63, 3.8) is 0 Å². The maximum absolute atomic E-state index is 12.6. The third-order valence-corrected chi connectivity index (χ3v) is 5.97. The summed E-state index contributed by atoms with van der Waals surface area (Å²) in [5, 5.41) is 2.83. The zero-order chi connectivity index (χ0) is 16.5. The minimum atomic E-state index is -0.450. The van der Waals surface area contributed by atoms with Gasteiger partial charge in [-0.05, 0) is 42.9 Å². The van der Waals surface area contributed by atoms with Gasteiger partial charge in [0.2, 0.25) is 0 Å².